The summed E-state index contributed by atoms with van der Waals surface area (Å²) in [5, 5.41) is 9.07. The topological polar surface area (TPSA) is 67.3 Å². The summed E-state index contributed by atoms with van der Waals surface area (Å²) in [7, 11) is 0. The van der Waals surface area contributed by atoms with E-state index in [1.54, 1.807) is 18.3 Å². The second-order valence-corrected chi connectivity index (χ2v) is 3.52. The lowest BCUT2D eigenvalue weighted by Gasteiger charge is -2.36. The van der Waals surface area contributed by atoms with Crippen LogP contribution in [0.5, 0.6) is 0 Å². The first kappa shape index (κ1) is 8.87. The fraction of sp³-hybridized carbons (Fsp3) is 0.300. The molecule has 2 rings (SSSR count). The number of pyridine rings is 1. The second kappa shape index (κ2) is 2.90. The predicted molar refractivity (Wildman–Crippen MR) is 47.8 cm³/mol. The Balaban J connectivity index is 2.39. The molecule has 4 heteroatoms. The van der Waals surface area contributed by atoms with E-state index in [1.165, 1.54) is 6.20 Å². The van der Waals surface area contributed by atoms with Crippen molar-refractivity contribution in [2.75, 3.05) is 0 Å². The molecular weight excluding hydrogens is 182 g/mol. The molecule has 0 atom stereocenters. The molecule has 1 fully saturated rings. The number of nitrogens with zero attached hydrogens (tertiary/aromatic N) is 1. The highest BCUT2D eigenvalue weighted by Gasteiger charge is 2.51. The van der Waals surface area contributed by atoms with E-state index in [0.717, 1.165) is 0 Å². The normalized spacial score (nSPS) is 18.7. The first-order chi connectivity index (χ1) is 6.65. The van der Waals surface area contributed by atoms with Crippen molar-refractivity contribution in [3.63, 3.8) is 0 Å². The molecule has 0 amide bonds. The number of Topliss-reactive ketones (excluding diaryl/α,β-unsaturated/α-hetero) is 1. The van der Waals surface area contributed by atoms with Crippen LogP contribution < -0.4 is 0 Å². The van der Waals surface area contributed by atoms with Crippen molar-refractivity contribution < 1.29 is 14.7 Å². The van der Waals surface area contributed by atoms with Crippen LogP contribution in [0.3, 0.4) is 0 Å². The Hall–Kier alpha value is -1.71. The minimum absolute atomic E-state index is 0.00347. The molecule has 1 aromatic heterocycles. The molecule has 0 unspecified atom stereocenters. The minimum atomic E-state index is -1.01. The summed E-state index contributed by atoms with van der Waals surface area (Å²) < 4.78 is 0. The van der Waals surface area contributed by atoms with E-state index in [-0.39, 0.29) is 18.6 Å². The largest absolute Gasteiger partial charge is 0.481 e. The van der Waals surface area contributed by atoms with Gasteiger partial charge in [0.1, 0.15) is 11.2 Å². The SMILES string of the molecule is O=C1CC(C(=O)O)(c2cccnc2)C1. The lowest BCUT2D eigenvalue weighted by atomic mass is 9.64. The van der Waals surface area contributed by atoms with Gasteiger partial charge in [0.2, 0.25) is 0 Å². The Bertz CT molecular complexity index is 378. The van der Waals surface area contributed by atoms with E-state index in [9.17, 15) is 9.59 Å². The number of carbonyl (C=O) groups excluding carboxylic acids is 1. The molecule has 0 aromatic carbocycles. The minimum Gasteiger partial charge on any atom is -0.481 e. The van der Waals surface area contributed by atoms with Crippen molar-refractivity contribution in [2.24, 2.45) is 0 Å². The number of carboxylic acids is 1. The number of hydrogen-bond donors (Lipinski definition) is 1. The summed E-state index contributed by atoms with van der Waals surface area (Å²) in [6, 6.07) is 3.39. The first-order valence-corrected chi connectivity index (χ1v) is 4.31. The van der Waals surface area contributed by atoms with Gasteiger partial charge >= 0.3 is 5.97 Å². The molecular formula is C10H9NO3. The Morgan fingerprint density at radius 3 is 2.64 bits per heavy atom. The molecule has 1 aliphatic carbocycles. The Morgan fingerprint density at radius 1 is 1.50 bits per heavy atom. The smallest absolute Gasteiger partial charge is 0.315 e. The van der Waals surface area contributed by atoms with Crippen LogP contribution in [-0.2, 0) is 15.0 Å². The van der Waals surface area contributed by atoms with E-state index in [1.807, 2.05) is 0 Å². The summed E-state index contributed by atoms with van der Waals surface area (Å²) in [5.74, 6) is -0.943. The predicted octanol–water partition coefficient (Wildman–Crippen LogP) is 0.767. The first-order valence-electron chi connectivity index (χ1n) is 4.31. The van der Waals surface area contributed by atoms with Gasteiger partial charge in [-0.25, -0.2) is 0 Å². The van der Waals surface area contributed by atoms with Crippen LogP contribution in [0, 0.1) is 0 Å². The zero-order valence-corrected chi connectivity index (χ0v) is 7.43. The maximum atomic E-state index is 11.1. The highest BCUT2D eigenvalue weighted by atomic mass is 16.4. The van der Waals surface area contributed by atoms with Gasteiger partial charge in [-0.05, 0) is 11.6 Å². The third kappa shape index (κ3) is 1.11. The molecule has 4 nitrogen and oxygen atoms in total. The van der Waals surface area contributed by atoms with Gasteiger partial charge in [0.25, 0.3) is 0 Å². The zero-order chi connectivity index (χ0) is 10.2. The van der Waals surface area contributed by atoms with Crippen LogP contribution >= 0.6 is 0 Å². The van der Waals surface area contributed by atoms with Crippen LogP contribution in [0.25, 0.3) is 0 Å². The zero-order valence-electron chi connectivity index (χ0n) is 7.43. The Labute approximate surface area is 80.6 Å². The molecule has 0 spiro atoms. The fourth-order valence-electron chi connectivity index (χ4n) is 1.75. The number of aliphatic carboxylic acids is 1. The maximum Gasteiger partial charge on any atom is 0.315 e. The van der Waals surface area contributed by atoms with Crippen LogP contribution in [0.4, 0.5) is 0 Å². The monoisotopic (exact) mass is 191 g/mol. The summed E-state index contributed by atoms with van der Waals surface area (Å²) in [5.41, 5.74) is -0.391. The van der Waals surface area contributed by atoms with E-state index in [2.05, 4.69) is 4.98 Å². The quantitative estimate of drug-likeness (QED) is 0.749. The lowest BCUT2D eigenvalue weighted by Crippen LogP contribution is -2.48. The fourth-order valence-corrected chi connectivity index (χ4v) is 1.75. The van der Waals surface area contributed by atoms with E-state index >= 15 is 0 Å². The van der Waals surface area contributed by atoms with Gasteiger partial charge in [-0.15, -0.1) is 0 Å². The van der Waals surface area contributed by atoms with Crippen LogP contribution in [0.15, 0.2) is 24.5 Å². The summed E-state index contributed by atoms with van der Waals surface area (Å²) in [4.78, 5) is 25.8. The van der Waals surface area contributed by atoms with Gasteiger partial charge < -0.3 is 5.11 Å². The van der Waals surface area contributed by atoms with E-state index < -0.39 is 11.4 Å². The average molecular weight is 191 g/mol. The van der Waals surface area contributed by atoms with Gasteiger partial charge in [0, 0.05) is 25.2 Å². The highest BCUT2D eigenvalue weighted by molar-refractivity contribution is 6.01. The molecule has 72 valence electrons. The third-order valence-electron chi connectivity index (χ3n) is 2.62. The number of ketones is 1. The summed E-state index contributed by atoms with van der Waals surface area (Å²) in [6.45, 7) is 0. The second-order valence-electron chi connectivity index (χ2n) is 3.52. The van der Waals surface area contributed by atoms with Crippen LogP contribution in [-0.4, -0.2) is 21.8 Å². The van der Waals surface area contributed by atoms with Crippen molar-refractivity contribution >= 4 is 11.8 Å². The van der Waals surface area contributed by atoms with Gasteiger partial charge in [-0.1, -0.05) is 6.07 Å². The number of rotatable bonds is 2. The van der Waals surface area contributed by atoms with Crippen molar-refractivity contribution in [3.05, 3.63) is 30.1 Å². The molecule has 0 aliphatic heterocycles. The molecule has 1 saturated carbocycles. The third-order valence-corrected chi connectivity index (χ3v) is 2.62. The van der Waals surface area contributed by atoms with Crippen molar-refractivity contribution in [3.8, 4) is 0 Å². The molecule has 0 bridgehead atoms. The number of carboxylic acid groups (broad SMARTS) is 1. The Kier molecular flexibility index (Phi) is 1.84. The van der Waals surface area contributed by atoms with Crippen molar-refractivity contribution in [2.45, 2.75) is 18.3 Å². The van der Waals surface area contributed by atoms with Gasteiger partial charge in [-0.2, -0.15) is 0 Å². The van der Waals surface area contributed by atoms with Crippen molar-refractivity contribution in [1.29, 1.82) is 0 Å². The van der Waals surface area contributed by atoms with Crippen molar-refractivity contribution in [1.82, 2.24) is 4.98 Å². The van der Waals surface area contributed by atoms with Crippen LogP contribution in [0.2, 0.25) is 0 Å². The number of carbonyl (C=O) groups is 2. The maximum absolute atomic E-state index is 11.1. The highest BCUT2D eigenvalue weighted by Crippen LogP contribution is 2.41. The molecule has 0 radical (unpaired) electrons. The van der Waals surface area contributed by atoms with Gasteiger partial charge in [0.15, 0.2) is 0 Å². The lowest BCUT2D eigenvalue weighted by molar-refractivity contribution is -0.153. The number of aromatic nitrogens is 1. The Morgan fingerprint density at radius 2 is 2.21 bits per heavy atom. The average Bonchev–Trinajstić information content (AvgIpc) is 2.13. The standard InChI is InChI=1S/C10H9NO3/c12-8-4-10(5-8,9(13)14)7-2-1-3-11-6-7/h1-3,6H,4-5H2,(H,13,14). The summed E-state index contributed by atoms with van der Waals surface area (Å²) >= 11 is 0. The van der Waals surface area contributed by atoms with Gasteiger partial charge in [0.05, 0.1) is 0 Å². The molecule has 1 heterocycles. The van der Waals surface area contributed by atoms with Crippen LogP contribution in [0.1, 0.15) is 18.4 Å². The molecule has 0 saturated heterocycles. The molecule has 1 aromatic rings. The number of hydrogen-bond acceptors (Lipinski definition) is 3. The molecule has 1 aliphatic rings. The van der Waals surface area contributed by atoms with E-state index in [0.29, 0.717) is 5.56 Å². The molecule has 1 N–H and O–H groups in total. The van der Waals surface area contributed by atoms with Gasteiger partial charge in [-0.3, -0.25) is 14.6 Å². The molecule has 14 heavy (non-hydrogen) atoms. The summed E-state index contributed by atoms with van der Waals surface area (Å²) in [6.07, 6.45) is 3.28. The van der Waals surface area contributed by atoms with E-state index in [4.69, 9.17) is 5.11 Å².